The Bertz CT molecular complexity index is 735. The van der Waals surface area contributed by atoms with Gasteiger partial charge in [0.1, 0.15) is 5.75 Å². The molecule has 2 rings (SSSR count). The second kappa shape index (κ2) is 14.9. The normalized spacial score (nSPS) is 12.2. The molecule has 2 aromatic rings. The second-order valence-corrected chi connectivity index (χ2v) is 7.83. The summed E-state index contributed by atoms with van der Waals surface area (Å²) in [6.07, 6.45) is 3.66. The minimum atomic E-state index is -0.660. The molecule has 0 bridgehead atoms. The van der Waals surface area contributed by atoms with Crippen molar-refractivity contribution < 1.29 is 24.8 Å². The van der Waals surface area contributed by atoms with E-state index in [4.69, 9.17) is 9.47 Å². The lowest BCUT2D eigenvalue weighted by Gasteiger charge is -2.14. The first kappa shape index (κ1) is 25.3. The van der Waals surface area contributed by atoms with Crippen LogP contribution < -0.4 is 5.32 Å². The summed E-state index contributed by atoms with van der Waals surface area (Å²) in [6.45, 7) is 5.74. The molecule has 0 saturated heterocycles. The number of aliphatic hydroxyl groups is 2. The van der Waals surface area contributed by atoms with Crippen molar-refractivity contribution in [3.63, 3.8) is 0 Å². The highest BCUT2D eigenvalue weighted by Gasteiger charge is 2.09. The summed E-state index contributed by atoms with van der Waals surface area (Å²) >= 11 is 0. The van der Waals surface area contributed by atoms with Crippen LogP contribution in [0, 0.1) is 6.92 Å². The molecule has 0 saturated carbocycles. The average molecular weight is 432 g/mol. The van der Waals surface area contributed by atoms with Gasteiger partial charge >= 0.3 is 0 Å². The van der Waals surface area contributed by atoms with Gasteiger partial charge in [0, 0.05) is 18.7 Å². The molecular formula is C25H37NO5. The van der Waals surface area contributed by atoms with E-state index < -0.39 is 6.10 Å². The maximum Gasteiger partial charge on any atom is 0.121 e. The monoisotopic (exact) mass is 431 g/mol. The van der Waals surface area contributed by atoms with Gasteiger partial charge in [-0.3, -0.25) is 0 Å². The molecule has 0 aliphatic rings. The largest absolute Gasteiger partial charge is 0.508 e. The van der Waals surface area contributed by atoms with Crippen molar-refractivity contribution in [2.24, 2.45) is 0 Å². The third-order valence-corrected chi connectivity index (χ3v) is 5.15. The molecule has 1 atom stereocenters. The van der Waals surface area contributed by atoms with Crippen LogP contribution in [0.4, 0.5) is 0 Å². The van der Waals surface area contributed by atoms with Crippen LogP contribution in [0.15, 0.2) is 42.5 Å². The zero-order chi connectivity index (χ0) is 22.3. The molecule has 0 aliphatic heterocycles. The molecule has 2 aromatic carbocycles. The van der Waals surface area contributed by atoms with Crippen LogP contribution in [0.2, 0.25) is 0 Å². The number of unbranched alkanes of at least 4 members (excludes halogenated alkanes) is 3. The lowest BCUT2D eigenvalue weighted by Crippen LogP contribution is -2.22. The summed E-state index contributed by atoms with van der Waals surface area (Å²) in [5.74, 6) is 0.0464. The zero-order valence-corrected chi connectivity index (χ0v) is 18.6. The second-order valence-electron chi connectivity index (χ2n) is 7.83. The molecule has 0 heterocycles. The Morgan fingerprint density at radius 3 is 2.42 bits per heavy atom. The maximum absolute atomic E-state index is 10.2. The lowest BCUT2D eigenvalue weighted by molar-refractivity contribution is 0.0393. The molecule has 172 valence electrons. The van der Waals surface area contributed by atoms with Gasteiger partial charge in [-0.15, -0.1) is 0 Å². The van der Waals surface area contributed by atoms with E-state index in [1.54, 1.807) is 12.1 Å². The molecule has 6 heteroatoms. The summed E-state index contributed by atoms with van der Waals surface area (Å²) in [5, 5.41) is 32.2. The van der Waals surface area contributed by atoms with Crippen molar-refractivity contribution in [2.45, 2.75) is 51.9 Å². The van der Waals surface area contributed by atoms with Gasteiger partial charge in [0.05, 0.1) is 32.5 Å². The van der Waals surface area contributed by atoms with Gasteiger partial charge in [-0.25, -0.2) is 0 Å². The van der Waals surface area contributed by atoms with Gasteiger partial charge in [-0.2, -0.15) is 0 Å². The number of ether oxygens (including phenoxy) is 2. The Balaban J connectivity index is 1.39. The summed E-state index contributed by atoms with van der Waals surface area (Å²) in [7, 11) is 0. The Morgan fingerprint density at radius 2 is 1.65 bits per heavy atom. The van der Waals surface area contributed by atoms with Crippen LogP contribution in [0.3, 0.4) is 0 Å². The minimum absolute atomic E-state index is 0.0464. The molecule has 0 amide bonds. The number of nitrogens with one attached hydrogen (secondary N) is 1. The standard InChI is InChI=1S/C25H37NO5/c1-20-6-8-21(9-7-20)19-31-15-14-30-13-5-3-2-4-12-26-17-25(29)22-10-11-24(28)23(16-22)18-27/h6-11,16,25-29H,2-5,12-15,17-19H2,1H3/t25-/m0/s1. The van der Waals surface area contributed by atoms with Gasteiger partial charge in [0.25, 0.3) is 0 Å². The van der Waals surface area contributed by atoms with Crippen LogP contribution in [-0.2, 0) is 22.7 Å². The van der Waals surface area contributed by atoms with Crippen molar-refractivity contribution in [3.8, 4) is 5.75 Å². The molecule has 0 unspecified atom stereocenters. The maximum atomic E-state index is 10.2. The number of rotatable bonds is 16. The smallest absolute Gasteiger partial charge is 0.121 e. The van der Waals surface area contributed by atoms with Gasteiger partial charge < -0.3 is 30.1 Å². The van der Waals surface area contributed by atoms with E-state index >= 15 is 0 Å². The van der Waals surface area contributed by atoms with Crippen molar-refractivity contribution in [1.82, 2.24) is 5.32 Å². The molecule has 0 aromatic heterocycles. The summed E-state index contributed by atoms with van der Waals surface area (Å²) < 4.78 is 11.2. The zero-order valence-electron chi connectivity index (χ0n) is 18.6. The number of hydrogen-bond acceptors (Lipinski definition) is 6. The fourth-order valence-electron chi connectivity index (χ4n) is 3.20. The SMILES string of the molecule is Cc1ccc(COCCOCCCCCCNC[C@H](O)c2ccc(O)c(CO)c2)cc1. The van der Waals surface area contributed by atoms with Crippen LogP contribution in [0.1, 0.15) is 54.0 Å². The quantitative estimate of drug-likeness (QED) is 0.304. The number of benzene rings is 2. The summed E-state index contributed by atoms with van der Waals surface area (Å²) in [6, 6.07) is 13.2. The summed E-state index contributed by atoms with van der Waals surface area (Å²) in [5.41, 5.74) is 3.56. The van der Waals surface area contributed by atoms with Crippen LogP contribution >= 0.6 is 0 Å². The number of phenols is 1. The highest BCUT2D eigenvalue weighted by atomic mass is 16.5. The summed E-state index contributed by atoms with van der Waals surface area (Å²) in [4.78, 5) is 0. The molecule has 0 aliphatic carbocycles. The molecule has 31 heavy (non-hydrogen) atoms. The Labute approximate surface area is 185 Å². The van der Waals surface area contributed by atoms with Crippen molar-refractivity contribution in [1.29, 1.82) is 0 Å². The van der Waals surface area contributed by atoms with Gasteiger partial charge in [-0.05, 0) is 49.6 Å². The predicted octanol–water partition coefficient (Wildman–Crippen LogP) is 3.61. The van der Waals surface area contributed by atoms with Gasteiger partial charge in [-0.1, -0.05) is 48.7 Å². The first-order valence-corrected chi connectivity index (χ1v) is 11.1. The van der Waals surface area contributed by atoms with E-state index in [1.165, 1.54) is 17.2 Å². The minimum Gasteiger partial charge on any atom is -0.508 e. The van der Waals surface area contributed by atoms with Gasteiger partial charge in [0.2, 0.25) is 0 Å². The van der Waals surface area contributed by atoms with Crippen LogP contribution in [0.25, 0.3) is 0 Å². The number of hydrogen-bond donors (Lipinski definition) is 4. The number of aromatic hydroxyl groups is 1. The number of aryl methyl sites for hydroxylation is 1. The Hall–Kier alpha value is -1.96. The molecule has 0 spiro atoms. The van der Waals surface area contributed by atoms with Crippen LogP contribution in [0.5, 0.6) is 5.75 Å². The lowest BCUT2D eigenvalue weighted by atomic mass is 10.1. The highest BCUT2D eigenvalue weighted by Crippen LogP contribution is 2.22. The molecule has 0 fully saturated rings. The predicted molar refractivity (Wildman–Crippen MR) is 122 cm³/mol. The Kier molecular flexibility index (Phi) is 12.2. The fourth-order valence-corrected chi connectivity index (χ4v) is 3.20. The average Bonchev–Trinajstić information content (AvgIpc) is 2.78. The molecule has 6 nitrogen and oxygen atoms in total. The molecular weight excluding hydrogens is 394 g/mol. The topological polar surface area (TPSA) is 91.2 Å². The van der Waals surface area contributed by atoms with Crippen molar-refractivity contribution in [2.75, 3.05) is 32.9 Å². The van der Waals surface area contributed by atoms with Gasteiger partial charge in [0.15, 0.2) is 0 Å². The first-order valence-electron chi connectivity index (χ1n) is 11.1. The molecule has 0 radical (unpaired) electrons. The van der Waals surface area contributed by atoms with E-state index in [9.17, 15) is 15.3 Å². The molecule has 4 N–H and O–H groups in total. The third kappa shape index (κ3) is 10.3. The van der Waals surface area contributed by atoms with E-state index in [2.05, 4.69) is 36.5 Å². The first-order chi connectivity index (χ1) is 15.1. The van der Waals surface area contributed by atoms with Crippen LogP contribution in [-0.4, -0.2) is 48.2 Å². The fraction of sp³-hybridized carbons (Fsp3) is 0.520. The van der Waals surface area contributed by atoms with E-state index in [0.717, 1.165) is 38.8 Å². The van der Waals surface area contributed by atoms with Crippen molar-refractivity contribution in [3.05, 3.63) is 64.7 Å². The van der Waals surface area contributed by atoms with E-state index in [1.807, 2.05) is 0 Å². The van der Waals surface area contributed by atoms with Crippen molar-refractivity contribution >= 4 is 0 Å². The third-order valence-electron chi connectivity index (χ3n) is 5.15. The number of aliphatic hydroxyl groups excluding tert-OH is 2. The highest BCUT2D eigenvalue weighted by molar-refractivity contribution is 5.36. The van der Waals surface area contributed by atoms with E-state index in [0.29, 0.717) is 37.5 Å². The van der Waals surface area contributed by atoms with E-state index in [-0.39, 0.29) is 12.4 Å². The Morgan fingerprint density at radius 1 is 0.903 bits per heavy atom.